The molecule has 0 aromatic heterocycles. The zero-order chi connectivity index (χ0) is 21.8. The molecule has 0 aliphatic carbocycles. The number of benzene rings is 3. The summed E-state index contributed by atoms with van der Waals surface area (Å²) < 4.78 is 11.3. The molecule has 8 nitrogen and oxygen atoms in total. The van der Waals surface area contributed by atoms with Crippen LogP contribution in [0.3, 0.4) is 0 Å². The zero-order valence-corrected chi connectivity index (χ0v) is 16.9. The molecule has 0 saturated heterocycles. The van der Waals surface area contributed by atoms with Crippen molar-refractivity contribution in [3.8, 4) is 5.75 Å². The largest absolute Gasteiger partial charge is 0.495 e. The smallest absolute Gasteiger partial charge is 0.277 e. The van der Waals surface area contributed by atoms with E-state index in [1.807, 2.05) is 30.3 Å². The maximum atomic E-state index is 13.0. The first-order valence-electron chi connectivity index (χ1n) is 9.71. The Kier molecular flexibility index (Phi) is 5.81. The van der Waals surface area contributed by atoms with E-state index in [-0.39, 0.29) is 24.7 Å². The minimum atomic E-state index is -0.778. The number of rotatable bonds is 6. The molecular weight excluding hydrogens is 398 g/mol. The molecule has 1 aliphatic heterocycles. The number of ether oxygens (including phenoxy) is 2. The third-order valence-electron chi connectivity index (χ3n) is 5.08. The number of para-hydroxylation sites is 4. The number of fused-ring (bicyclic) bond motifs is 1. The molecule has 3 aromatic carbocycles. The molecule has 0 fully saturated rings. The van der Waals surface area contributed by atoms with Crippen molar-refractivity contribution < 1.29 is 19.2 Å². The van der Waals surface area contributed by atoms with Crippen LogP contribution in [0.5, 0.6) is 5.75 Å². The average molecular weight is 419 g/mol. The first-order valence-corrected chi connectivity index (χ1v) is 9.71. The van der Waals surface area contributed by atoms with E-state index < -0.39 is 11.2 Å². The highest BCUT2D eigenvalue weighted by Gasteiger charge is 2.33. The Hall–Kier alpha value is -3.91. The van der Waals surface area contributed by atoms with Crippen LogP contribution < -0.4 is 15.0 Å². The van der Waals surface area contributed by atoms with E-state index in [9.17, 15) is 14.9 Å². The van der Waals surface area contributed by atoms with E-state index in [0.29, 0.717) is 17.0 Å². The van der Waals surface area contributed by atoms with Crippen LogP contribution in [0.1, 0.15) is 17.4 Å². The Labute approximate surface area is 179 Å². The lowest BCUT2D eigenvalue weighted by Crippen LogP contribution is -2.40. The first-order chi connectivity index (χ1) is 15.1. The first kappa shape index (κ1) is 20.4. The van der Waals surface area contributed by atoms with Crippen LogP contribution in [0, 0.1) is 10.1 Å². The minimum Gasteiger partial charge on any atom is -0.495 e. The van der Waals surface area contributed by atoms with E-state index in [1.165, 1.54) is 13.2 Å². The molecule has 0 spiro atoms. The van der Waals surface area contributed by atoms with Gasteiger partial charge in [-0.25, -0.2) is 0 Å². The summed E-state index contributed by atoms with van der Waals surface area (Å²) in [5.74, 6) is 0.245. The van der Waals surface area contributed by atoms with Crippen molar-refractivity contribution in [1.82, 2.24) is 0 Å². The van der Waals surface area contributed by atoms with Gasteiger partial charge in [0.15, 0.2) is 6.23 Å². The standard InChI is InChI=1S/C23H21N3O5/c1-30-21-13-7-4-10-18(21)24-22(27)14-25-19-11-5-2-8-16(19)15-31-23(25)17-9-3-6-12-20(17)26(28)29/h2-13,23H,14-15H2,1H3,(H,24,27). The molecular formula is C23H21N3O5. The number of nitrogens with zero attached hydrogens (tertiary/aromatic N) is 2. The number of methoxy groups -OCH3 is 1. The summed E-state index contributed by atoms with van der Waals surface area (Å²) in [4.78, 5) is 25.8. The van der Waals surface area contributed by atoms with E-state index >= 15 is 0 Å². The normalized spacial score (nSPS) is 15.1. The van der Waals surface area contributed by atoms with E-state index in [1.54, 1.807) is 41.3 Å². The summed E-state index contributed by atoms with van der Waals surface area (Å²) >= 11 is 0. The molecule has 1 aliphatic rings. The fraction of sp³-hybridized carbons (Fsp3) is 0.174. The molecule has 1 amide bonds. The summed E-state index contributed by atoms with van der Waals surface area (Å²) in [5.41, 5.74) is 2.59. The Morgan fingerprint density at radius 3 is 2.65 bits per heavy atom. The molecule has 0 bridgehead atoms. The average Bonchev–Trinajstić information content (AvgIpc) is 2.79. The second-order valence-corrected chi connectivity index (χ2v) is 6.98. The molecule has 4 rings (SSSR count). The van der Waals surface area contributed by atoms with Gasteiger partial charge in [0.05, 0.1) is 29.9 Å². The topological polar surface area (TPSA) is 93.9 Å². The molecule has 158 valence electrons. The lowest BCUT2D eigenvalue weighted by Gasteiger charge is -2.38. The number of nitrogens with one attached hydrogen (secondary N) is 1. The lowest BCUT2D eigenvalue weighted by molar-refractivity contribution is -0.386. The fourth-order valence-electron chi connectivity index (χ4n) is 3.68. The number of carbonyl (C=O) groups is 1. The second kappa shape index (κ2) is 8.85. The third kappa shape index (κ3) is 4.19. The number of carbonyl (C=O) groups excluding carboxylic acids is 1. The van der Waals surface area contributed by atoms with Gasteiger partial charge in [0, 0.05) is 17.3 Å². The van der Waals surface area contributed by atoms with Gasteiger partial charge in [0.1, 0.15) is 12.3 Å². The third-order valence-corrected chi connectivity index (χ3v) is 5.08. The number of hydrogen-bond donors (Lipinski definition) is 1. The molecule has 1 N–H and O–H groups in total. The molecule has 1 unspecified atom stereocenters. The van der Waals surface area contributed by atoms with Crippen LogP contribution >= 0.6 is 0 Å². The maximum Gasteiger partial charge on any atom is 0.277 e. The minimum absolute atomic E-state index is 0.0537. The molecule has 1 atom stereocenters. The van der Waals surface area contributed by atoms with E-state index in [4.69, 9.17) is 9.47 Å². The van der Waals surface area contributed by atoms with Crippen LogP contribution in [0.4, 0.5) is 17.1 Å². The molecule has 8 heteroatoms. The highest BCUT2D eigenvalue weighted by Crippen LogP contribution is 2.39. The summed E-state index contributed by atoms with van der Waals surface area (Å²) in [5, 5.41) is 14.4. The predicted octanol–water partition coefficient (Wildman–Crippen LogP) is 4.28. The van der Waals surface area contributed by atoms with Gasteiger partial charge in [-0.15, -0.1) is 0 Å². The van der Waals surface area contributed by atoms with Crippen molar-refractivity contribution in [2.75, 3.05) is 23.9 Å². The summed E-state index contributed by atoms with van der Waals surface area (Å²) in [7, 11) is 1.53. The van der Waals surface area contributed by atoms with Gasteiger partial charge in [-0.1, -0.05) is 42.5 Å². The van der Waals surface area contributed by atoms with Gasteiger partial charge >= 0.3 is 0 Å². The van der Waals surface area contributed by atoms with Crippen molar-refractivity contribution in [2.24, 2.45) is 0 Å². The van der Waals surface area contributed by atoms with Gasteiger partial charge in [0.25, 0.3) is 5.69 Å². The fourth-order valence-corrected chi connectivity index (χ4v) is 3.68. The predicted molar refractivity (Wildman–Crippen MR) is 116 cm³/mol. The lowest BCUT2D eigenvalue weighted by atomic mass is 10.1. The van der Waals surface area contributed by atoms with E-state index in [0.717, 1.165) is 11.3 Å². The Morgan fingerprint density at radius 2 is 1.84 bits per heavy atom. The molecule has 3 aromatic rings. The Morgan fingerprint density at radius 1 is 1.13 bits per heavy atom. The number of nitro groups is 1. The SMILES string of the molecule is COc1ccccc1NC(=O)CN1c2ccccc2COC1c1ccccc1[N+](=O)[O-]. The van der Waals surface area contributed by atoms with Crippen molar-refractivity contribution >= 4 is 23.0 Å². The summed E-state index contributed by atoms with van der Waals surface area (Å²) in [6, 6.07) is 21.1. The molecule has 1 heterocycles. The van der Waals surface area contributed by atoms with Crippen LogP contribution in [-0.4, -0.2) is 24.5 Å². The summed E-state index contributed by atoms with van der Waals surface area (Å²) in [6.07, 6.45) is -0.778. The second-order valence-electron chi connectivity index (χ2n) is 6.98. The van der Waals surface area contributed by atoms with Crippen molar-refractivity contribution in [1.29, 1.82) is 0 Å². The van der Waals surface area contributed by atoms with Gasteiger partial charge in [-0.05, 0) is 24.3 Å². The van der Waals surface area contributed by atoms with Gasteiger partial charge in [-0.2, -0.15) is 0 Å². The van der Waals surface area contributed by atoms with Gasteiger partial charge < -0.3 is 19.7 Å². The summed E-state index contributed by atoms with van der Waals surface area (Å²) in [6.45, 7) is 0.225. The number of anilines is 2. The quantitative estimate of drug-likeness (QED) is 0.474. The van der Waals surface area contributed by atoms with Crippen molar-refractivity contribution in [3.05, 3.63) is 94.0 Å². The number of nitro benzene ring substituents is 1. The van der Waals surface area contributed by atoms with Crippen LogP contribution in [-0.2, 0) is 16.1 Å². The Balaban J connectivity index is 1.67. The molecule has 31 heavy (non-hydrogen) atoms. The van der Waals surface area contributed by atoms with Gasteiger partial charge in [-0.3, -0.25) is 14.9 Å². The van der Waals surface area contributed by atoms with Crippen LogP contribution in [0.15, 0.2) is 72.8 Å². The zero-order valence-electron chi connectivity index (χ0n) is 16.9. The molecule has 0 saturated carbocycles. The van der Waals surface area contributed by atoms with E-state index in [2.05, 4.69) is 5.32 Å². The van der Waals surface area contributed by atoms with Gasteiger partial charge in [0.2, 0.25) is 5.91 Å². The van der Waals surface area contributed by atoms with Crippen molar-refractivity contribution in [3.63, 3.8) is 0 Å². The number of hydrogen-bond acceptors (Lipinski definition) is 6. The monoisotopic (exact) mass is 419 g/mol. The van der Waals surface area contributed by atoms with Crippen LogP contribution in [0.25, 0.3) is 0 Å². The number of amides is 1. The van der Waals surface area contributed by atoms with Crippen LogP contribution in [0.2, 0.25) is 0 Å². The maximum absolute atomic E-state index is 13.0. The highest BCUT2D eigenvalue weighted by molar-refractivity contribution is 5.95. The Bertz CT molecular complexity index is 1120. The molecule has 0 radical (unpaired) electrons. The van der Waals surface area contributed by atoms with Crippen molar-refractivity contribution in [2.45, 2.75) is 12.8 Å². The highest BCUT2D eigenvalue weighted by atomic mass is 16.6.